The summed E-state index contributed by atoms with van der Waals surface area (Å²) in [5.74, 6) is 1.41. The second-order valence-corrected chi connectivity index (χ2v) is 6.82. The minimum absolute atomic E-state index is 0.0751. The number of ether oxygens (including phenoxy) is 2. The number of rotatable bonds is 3. The van der Waals surface area contributed by atoms with Gasteiger partial charge in [-0.05, 0) is 30.7 Å². The number of benzene rings is 1. The van der Waals surface area contributed by atoms with Gasteiger partial charge in [0.05, 0.1) is 24.4 Å². The van der Waals surface area contributed by atoms with E-state index in [1.165, 1.54) is 0 Å². The van der Waals surface area contributed by atoms with Crippen LogP contribution in [0, 0.1) is 0 Å². The van der Waals surface area contributed by atoms with Crippen LogP contribution in [-0.4, -0.2) is 40.5 Å². The second-order valence-electron chi connectivity index (χ2n) is 6.38. The van der Waals surface area contributed by atoms with Crippen molar-refractivity contribution in [1.82, 2.24) is 14.3 Å². The van der Waals surface area contributed by atoms with Crippen LogP contribution < -0.4 is 9.47 Å². The highest BCUT2D eigenvalue weighted by Gasteiger charge is 2.26. The zero-order valence-corrected chi connectivity index (χ0v) is 16.0. The molecule has 6 nitrogen and oxygen atoms in total. The molecule has 0 aliphatic carbocycles. The van der Waals surface area contributed by atoms with Crippen LogP contribution in [0.2, 0.25) is 5.02 Å². The van der Waals surface area contributed by atoms with Crippen LogP contribution in [0.4, 0.5) is 0 Å². The van der Waals surface area contributed by atoms with Crippen molar-refractivity contribution in [2.45, 2.75) is 19.9 Å². The SMILES string of the molecule is CCc1nc2ccc(Cl)cn2c1C(=O)N1CCOc2cc(OC)ccc2C1. The molecule has 4 rings (SSSR count). The van der Waals surface area contributed by atoms with E-state index in [1.54, 1.807) is 28.7 Å². The van der Waals surface area contributed by atoms with Crippen molar-refractivity contribution in [3.8, 4) is 11.5 Å². The van der Waals surface area contributed by atoms with Gasteiger partial charge in [-0.3, -0.25) is 9.20 Å². The summed E-state index contributed by atoms with van der Waals surface area (Å²) in [4.78, 5) is 19.8. The summed E-state index contributed by atoms with van der Waals surface area (Å²) in [6.07, 6.45) is 2.40. The quantitative estimate of drug-likeness (QED) is 0.691. The molecule has 0 N–H and O–H groups in total. The van der Waals surface area contributed by atoms with Gasteiger partial charge in [-0.15, -0.1) is 0 Å². The first-order chi connectivity index (χ1) is 13.1. The molecule has 2 aromatic heterocycles. The summed E-state index contributed by atoms with van der Waals surface area (Å²) in [5.41, 5.74) is 3.00. The van der Waals surface area contributed by atoms with Crippen molar-refractivity contribution in [2.75, 3.05) is 20.3 Å². The molecule has 0 bridgehead atoms. The third kappa shape index (κ3) is 3.21. The van der Waals surface area contributed by atoms with Gasteiger partial charge in [0.15, 0.2) is 0 Å². The van der Waals surface area contributed by atoms with Crippen molar-refractivity contribution >= 4 is 23.2 Å². The maximum absolute atomic E-state index is 13.4. The van der Waals surface area contributed by atoms with E-state index < -0.39 is 0 Å². The number of fused-ring (bicyclic) bond motifs is 2. The number of nitrogens with zero attached hydrogens (tertiary/aromatic N) is 3. The van der Waals surface area contributed by atoms with Gasteiger partial charge in [-0.1, -0.05) is 18.5 Å². The Morgan fingerprint density at radius 2 is 2.19 bits per heavy atom. The van der Waals surface area contributed by atoms with Gasteiger partial charge in [0, 0.05) is 24.4 Å². The number of carbonyl (C=O) groups is 1. The van der Waals surface area contributed by atoms with E-state index in [0.717, 1.165) is 28.4 Å². The van der Waals surface area contributed by atoms with E-state index in [0.29, 0.717) is 36.8 Å². The van der Waals surface area contributed by atoms with E-state index in [4.69, 9.17) is 21.1 Å². The van der Waals surface area contributed by atoms with E-state index in [9.17, 15) is 4.79 Å². The topological polar surface area (TPSA) is 56.1 Å². The van der Waals surface area contributed by atoms with E-state index in [2.05, 4.69) is 4.98 Å². The highest BCUT2D eigenvalue weighted by molar-refractivity contribution is 6.30. The van der Waals surface area contributed by atoms with Crippen molar-refractivity contribution in [3.63, 3.8) is 0 Å². The highest BCUT2D eigenvalue weighted by atomic mass is 35.5. The molecule has 0 radical (unpaired) electrons. The molecule has 140 valence electrons. The minimum atomic E-state index is -0.0751. The van der Waals surface area contributed by atoms with Crippen LogP contribution in [0.5, 0.6) is 11.5 Å². The van der Waals surface area contributed by atoms with Gasteiger partial charge in [0.1, 0.15) is 29.4 Å². The zero-order valence-electron chi connectivity index (χ0n) is 15.2. The lowest BCUT2D eigenvalue weighted by Gasteiger charge is -2.20. The van der Waals surface area contributed by atoms with Gasteiger partial charge < -0.3 is 14.4 Å². The first-order valence-electron chi connectivity index (χ1n) is 8.86. The Morgan fingerprint density at radius 1 is 1.33 bits per heavy atom. The molecule has 0 atom stereocenters. The average Bonchev–Trinajstić information content (AvgIpc) is 2.90. The fourth-order valence-corrected chi connectivity index (χ4v) is 3.50. The number of aromatic nitrogens is 2. The highest BCUT2D eigenvalue weighted by Crippen LogP contribution is 2.29. The molecule has 3 heterocycles. The van der Waals surface area contributed by atoms with Crippen LogP contribution in [0.1, 0.15) is 28.7 Å². The second kappa shape index (κ2) is 7.12. The van der Waals surface area contributed by atoms with E-state index >= 15 is 0 Å². The molecule has 0 unspecified atom stereocenters. The fraction of sp³-hybridized carbons (Fsp3) is 0.300. The molecule has 3 aromatic rings. The molecule has 1 aliphatic rings. The van der Waals surface area contributed by atoms with E-state index in [-0.39, 0.29) is 5.91 Å². The molecular weight excluding hydrogens is 366 g/mol. The summed E-state index contributed by atoms with van der Waals surface area (Å²) < 4.78 is 12.9. The molecule has 0 fully saturated rings. The van der Waals surface area contributed by atoms with Gasteiger partial charge >= 0.3 is 0 Å². The standard InChI is InChI=1S/C20H20ClN3O3/c1-3-16-19(24-12-14(21)5-7-18(24)22-16)20(25)23-8-9-27-17-10-15(26-2)6-4-13(17)11-23/h4-7,10,12H,3,8-9,11H2,1-2H3. The number of imidazole rings is 1. The first-order valence-corrected chi connectivity index (χ1v) is 9.24. The summed E-state index contributed by atoms with van der Waals surface area (Å²) in [6, 6.07) is 9.27. The molecule has 27 heavy (non-hydrogen) atoms. The predicted octanol–water partition coefficient (Wildman–Crippen LogP) is 3.59. The number of aryl methyl sites for hydroxylation is 1. The summed E-state index contributed by atoms with van der Waals surface area (Å²) in [6.45, 7) is 3.38. The normalized spacial score (nSPS) is 13.8. The molecule has 0 saturated heterocycles. The Morgan fingerprint density at radius 3 is 2.96 bits per heavy atom. The molecule has 0 spiro atoms. The van der Waals surface area contributed by atoms with Crippen molar-refractivity contribution in [1.29, 1.82) is 0 Å². The Hall–Kier alpha value is -2.73. The lowest BCUT2D eigenvalue weighted by Crippen LogP contribution is -2.33. The smallest absolute Gasteiger partial charge is 0.273 e. The Balaban J connectivity index is 1.72. The predicted molar refractivity (Wildman–Crippen MR) is 103 cm³/mol. The van der Waals surface area contributed by atoms with Crippen molar-refractivity contribution < 1.29 is 14.3 Å². The molecule has 1 aliphatic heterocycles. The van der Waals surface area contributed by atoms with Gasteiger partial charge in [-0.25, -0.2) is 4.98 Å². The lowest BCUT2D eigenvalue weighted by molar-refractivity contribution is 0.0725. The number of halogens is 1. The molecule has 7 heteroatoms. The van der Waals surface area contributed by atoms with Crippen LogP contribution in [0.25, 0.3) is 5.65 Å². The minimum Gasteiger partial charge on any atom is -0.497 e. The lowest BCUT2D eigenvalue weighted by atomic mass is 10.1. The molecule has 1 amide bonds. The maximum Gasteiger partial charge on any atom is 0.273 e. The Bertz CT molecular complexity index is 1020. The van der Waals surface area contributed by atoms with Crippen LogP contribution >= 0.6 is 11.6 Å². The van der Waals surface area contributed by atoms with Crippen LogP contribution in [-0.2, 0) is 13.0 Å². The number of methoxy groups -OCH3 is 1. The monoisotopic (exact) mass is 385 g/mol. The third-order valence-electron chi connectivity index (χ3n) is 4.73. The first kappa shape index (κ1) is 17.7. The summed E-state index contributed by atoms with van der Waals surface area (Å²) >= 11 is 6.15. The number of carbonyl (C=O) groups excluding carboxylic acids is 1. The maximum atomic E-state index is 13.4. The molecule has 0 saturated carbocycles. The zero-order chi connectivity index (χ0) is 19.0. The van der Waals surface area contributed by atoms with Crippen molar-refractivity contribution in [2.24, 2.45) is 0 Å². The molecule has 1 aromatic carbocycles. The fourth-order valence-electron chi connectivity index (χ4n) is 3.34. The Labute approximate surface area is 162 Å². The summed E-state index contributed by atoms with van der Waals surface area (Å²) in [5, 5.41) is 0.563. The van der Waals surface area contributed by atoms with Crippen LogP contribution in [0.15, 0.2) is 36.5 Å². The molecular formula is C20H20ClN3O3. The van der Waals surface area contributed by atoms with E-state index in [1.807, 2.05) is 31.2 Å². The summed E-state index contributed by atoms with van der Waals surface area (Å²) in [7, 11) is 1.62. The number of hydrogen-bond donors (Lipinski definition) is 0. The third-order valence-corrected chi connectivity index (χ3v) is 4.96. The number of hydrogen-bond acceptors (Lipinski definition) is 4. The van der Waals surface area contributed by atoms with Gasteiger partial charge in [-0.2, -0.15) is 0 Å². The van der Waals surface area contributed by atoms with Gasteiger partial charge in [0.25, 0.3) is 5.91 Å². The average molecular weight is 386 g/mol. The number of amides is 1. The van der Waals surface area contributed by atoms with Gasteiger partial charge in [0.2, 0.25) is 0 Å². The Kier molecular flexibility index (Phi) is 4.66. The van der Waals surface area contributed by atoms with Crippen molar-refractivity contribution in [3.05, 3.63) is 58.5 Å². The van der Waals surface area contributed by atoms with Crippen LogP contribution in [0.3, 0.4) is 0 Å². The largest absolute Gasteiger partial charge is 0.497 e. The number of pyridine rings is 1.